The van der Waals surface area contributed by atoms with E-state index in [-0.39, 0.29) is 22.8 Å². The SMILES string of the molecule is O=C(C1CC1)C(c1ccccc1F)N1CCC(S)/C(=C\Cn2cccn2)C1. The standard InChI is InChI=1S/C21H24FN3OS/c22-18-5-2-1-4-17(18)20(21(26)15-6-7-15)24-12-9-19(27)16(14-24)8-13-25-11-3-10-23-25/h1-5,8,10-11,15,19-20,27H,6-7,9,12-14H2/b16-8-. The van der Waals surface area contributed by atoms with Crippen LogP contribution in [-0.2, 0) is 11.3 Å². The number of aromatic nitrogens is 2. The first-order valence-corrected chi connectivity index (χ1v) is 10.0. The van der Waals surface area contributed by atoms with E-state index in [4.69, 9.17) is 12.6 Å². The predicted molar refractivity (Wildman–Crippen MR) is 106 cm³/mol. The number of Topliss-reactive ketones (excluding diaryl/α,β-unsaturated/α-hetero) is 1. The third kappa shape index (κ3) is 4.17. The monoisotopic (exact) mass is 385 g/mol. The number of carbonyl (C=O) groups is 1. The van der Waals surface area contributed by atoms with Crippen LogP contribution in [-0.4, -0.2) is 38.8 Å². The molecule has 0 amide bonds. The molecule has 2 atom stereocenters. The fraction of sp³-hybridized carbons (Fsp3) is 0.429. The van der Waals surface area contributed by atoms with Gasteiger partial charge in [0.15, 0.2) is 5.78 Å². The Morgan fingerprint density at radius 3 is 2.81 bits per heavy atom. The van der Waals surface area contributed by atoms with Crippen LogP contribution in [0.2, 0.25) is 0 Å². The maximum absolute atomic E-state index is 14.5. The third-order valence-corrected chi connectivity index (χ3v) is 6.01. The molecule has 0 bridgehead atoms. The molecule has 1 aromatic carbocycles. The Kier molecular flexibility index (Phi) is 5.45. The summed E-state index contributed by atoms with van der Waals surface area (Å²) in [5, 5.41) is 4.39. The summed E-state index contributed by atoms with van der Waals surface area (Å²) in [5.74, 6) is -0.0597. The van der Waals surface area contributed by atoms with Gasteiger partial charge in [0, 0.05) is 42.2 Å². The Morgan fingerprint density at radius 2 is 2.11 bits per heavy atom. The molecule has 2 aliphatic rings. The Hall–Kier alpha value is -1.92. The van der Waals surface area contributed by atoms with Crippen molar-refractivity contribution in [2.45, 2.75) is 37.1 Å². The number of carbonyl (C=O) groups excluding carboxylic acids is 1. The van der Waals surface area contributed by atoms with Gasteiger partial charge >= 0.3 is 0 Å². The molecule has 2 fully saturated rings. The van der Waals surface area contributed by atoms with Gasteiger partial charge in [0.25, 0.3) is 0 Å². The number of likely N-dealkylation sites (tertiary alicyclic amines) is 1. The van der Waals surface area contributed by atoms with E-state index in [2.05, 4.69) is 16.1 Å². The smallest absolute Gasteiger partial charge is 0.157 e. The van der Waals surface area contributed by atoms with Crippen molar-refractivity contribution in [3.63, 3.8) is 0 Å². The van der Waals surface area contributed by atoms with Crippen molar-refractivity contribution in [3.05, 3.63) is 65.8 Å². The fourth-order valence-corrected chi connectivity index (χ4v) is 4.05. The summed E-state index contributed by atoms with van der Waals surface area (Å²) in [6.45, 7) is 2.05. The molecule has 0 N–H and O–H groups in total. The van der Waals surface area contributed by atoms with E-state index in [1.807, 2.05) is 23.0 Å². The third-order valence-electron chi connectivity index (χ3n) is 5.42. The Balaban J connectivity index is 1.59. The van der Waals surface area contributed by atoms with Crippen molar-refractivity contribution in [2.24, 2.45) is 5.92 Å². The number of rotatable bonds is 6. The Labute approximate surface area is 164 Å². The number of thiol groups is 1. The minimum absolute atomic E-state index is 0.0832. The zero-order chi connectivity index (χ0) is 18.8. The molecule has 1 aliphatic carbocycles. The summed E-state index contributed by atoms with van der Waals surface area (Å²) in [7, 11) is 0. The van der Waals surface area contributed by atoms with Gasteiger partial charge in [0.05, 0.1) is 12.6 Å². The number of benzene rings is 1. The normalized spacial score (nSPS) is 23.5. The van der Waals surface area contributed by atoms with Crippen LogP contribution >= 0.6 is 12.6 Å². The van der Waals surface area contributed by atoms with Gasteiger partial charge in [-0.15, -0.1) is 0 Å². The average molecular weight is 386 g/mol. The first-order chi connectivity index (χ1) is 13.1. The van der Waals surface area contributed by atoms with Crippen molar-refractivity contribution in [2.75, 3.05) is 13.1 Å². The lowest BCUT2D eigenvalue weighted by Gasteiger charge is -2.37. The zero-order valence-electron chi connectivity index (χ0n) is 15.2. The van der Waals surface area contributed by atoms with Crippen molar-refractivity contribution in [3.8, 4) is 0 Å². The van der Waals surface area contributed by atoms with Gasteiger partial charge in [-0.2, -0.15) is 17.7 Å². The van der Waals surface area contributed by atoms with Crippen LogP contribution in [0.15, 0.2) is 54.4 Å². The van der Waals surface area contributed by atoms with Crippen molar-refractivity contribution >= 4 is 18.4 Å². The molecule has 1 aromatic heterocycles. The summed E-state index contributed by atoms with van der Waals surface area (Å²) in [5.41, 5.74) is 1.67. The summed E-state index contributed by atoms with van der Waals surface area (Å²) in [6, 6.07) is 8.07. The molecule has 2 aromatic rings. The molecule has 1 saturated carbocycles. The van der Waals surface area contributed by atoms with Crippen LogP contribution in [0.1, 0.15) is 30.9 Å². The van der Waals surface area contributed by atoms with Gasteiger partial charge in [0.1, 0.15) is 5.82 Å². The number of nitrogens with zero attached hydrogens (tertiary/aromatic N) is 3. The maximum Gasteiger partial charge on any atom is 0.157 e. The first-order valence-electron chi connectivity index (χ1n) is 9.50. The van der Waals surface area contributed by atoms with E-state index in [1.54, 1.807) is 18.3 Å². The number of allylic oxidation sites excluding steroid dienone is 1. The Bertz CT molecular complexity index is 832. The number of hydrogen-bond acceptors (Lipinski definition) is 4. The van der Waals surface area contributed by atoms with Crippen LogP contribution in [0.25, 0.3) is 0 Å². The molecule has 0 spiro atoms. The van der Waals surface area contributed by atoms with Crippen molar-refractivity contribution < 1.29 is 9.18 Å². The maximum atomic E-state index is 14.5. The van der Waals surface area contributed by atoms with Crippen molar-refractivity contribution in [1.82, 2.24) is 14.7 Å². The lowest BCUT2D eigenvalue weighted by molar-refractivity contribution is -0.126. The van der Waals surface area contributed by atoms with E-state index in [1.165, 1.54) is 11.6 Å². The summed E-state index contributed by atoms with van der Waals surface area (Å²) in [6.07, 6.45) is 8.51. The highest BCUT2D eigenvalue weighted by Crippen LogP contribution is 2.39. The number of hydrogen-bond donors (Lipinski definition) is 1. The van der Waals surface area contributed by atoms with Gasteiger partial charge < -0.3 is 0 Å². The molecule has 142 valence electrons. The second kappa shape index (κ2) is 7.98. The minimum Gasteiger partial charge on any atom is -0.297 e. The van der Waals surface area contributed by atoms with Gasteiger partial charge in [-0.1, -0.05) is 24.3 Å². The molecule has 1 saturated heterocycles. The van der Waals surface area contributed by atoms with Crippen LogP contribution < -0.4 is 0 Å². The van der Waals surface area contributed by atoms with Gasteiger partial charge in [0.2, 0.25) is 0 Å². The first kappa shape index (κ1) is 18.4. The molecule has 4 nitrogen and oxygen atoms in total. The minimum atomic E-state index is -0.507. The fourth-order valence-electron chi connectivity index (χ4n) is 3.75. The van der Waals surface area contributed by atoms with Crippen LogP contribution in [0.4, 0.5) is 4.39 Å². The second-order valence-corrected chi connectivity index (χ2v) is 8.01. The number of halogens is 1. The summed E-state index contributed by atoms with van der Waals surface area (Å²) in [4.78, 5) is 15.2. The number of piperidine rings is 1. The largest absolute Gasteiger partial charge is 0.297 e. The molecule has 6 heteroatoms. The summed E-state index contributed by atoms with van der Waals surface area (Å²) < 4.78 is 16.4. The molecule has 4 rings (SSSR count). The zero-order valence-corrected chi connectivity index (χ0v) is 16.1. The van der Waals surface area contributed by atoms with Crippen LogP contribution in [0.5, 0.6) is 0 Å². The van der Waals surface area contributed by atoms with E-state index < -0.39 is 6.04 Å². The molecular formula is C21H24FN3OS. The van der Waals surface area contributed by atoms with E-state index in [0.717, 1.165) is 25.8 Å². The van der Waals surface area contributed by atoms with Crippen molar-refractivity contribution in [1.29, 1.82) is 0 Å². The molecule has 0 radical (unpaired) electrons. The topological polar surface area (TPSA) is 38.1 Å². The van der Waals surface area contributed by atoms with E-state index in [0.29, 0.717) is 18.7 Å². The highest BCUT2D eigenvalue weighted by molar-refractivity contribution is 7.81. The highest BCUT2D eigenvalue weighted by Gasteiger charge is 2.40. The molecule has 2 unspecified atom stereocenters. The predicted octanol–water partition coefficient (Wildman–Crippen LogP) is 3.67. The van der Waals surface area contributed by atoms with E-state index >= 15 is 0 Å². The highest BCUT2D eigenvalue weighted by atomic mass is 32.1. The average Bonchev–Trinajstić information content (AvgIpc) is 3.39. The molecular weight excluding hydrogens is 361 g/mol. The molecule has 1 aliphatic heterocycles. The molecule has 2 heterocycles. The number of ketones is 1. The van der Waals surface area contributed by atoms with E-state index in [9.17, 15) is 9.18 Å². The van der Waals surface area contributed by atoms with Gasteiger partial charge in [-0.05, 0) is 37.0 Å². The van der Waals surface area contributed by atoms with Gasteiger partial charge in [-0.25, -0.2) is 4.39 Å². The second-order valence-electron chi connectivity index (χ2n) is 7.38. The quantitative estimate of drug-likeness (QED) is 0.609. The van der Waals surface area contributed by atoms with Crippen LogP contribution in [0.3, 0.4) is 0 Å². The molecule has 27 heavy (non-hydrogen) atoms. The summed E-state index contributed by atoms with van der Waals surface area (Å²) >= 11 is 4.73. The van der Waals surface area contributed by atoms with Gasteiger partial charge in [-0.3, -0.25) is 14.4 Å². The van der Waals surface area contributed by atoms with Crippen LogP contribution in [0, 0.1) is 11.7 Å². The lowest BCUT2D eigenvalue weighted by atomic mass is 9.93. The Morgan fingerprint density at radius 1 is 1.30 bits per heavy atom. The lowest BCUT2D eigenvalue weighted by Crippen LogP contribution is -2.42.